The highest BCUT2D eigenvalue weighted by Crippen LogP contribution is 2.43. The highest BCUT2D eigenvalue weighted by Gasteiger charge is 2.28. The number of nitrogens with two attached hydrogens (primary N) is 1. The largest absolute Gasteiger partial charge is 0.480 e. The van der Waals surface area contributed by atoms with Crippen molar-refractivity contribution in [3.8, 4) is 0 Å². The Balaban J connectivity index is 4.38. The van der Waals surface area contributed by atoms with Gasteiger partial charge in [0.15, 0.2) is 6.10 Å². The van der Waals surface area contributed by atoms with Crippen LogP contribution < -0.4 is 5.73 Å². The number of phosphoric acid groups is 1. The Morgan fingerprint density at radius 2 is 0.982 bits per heavy atom. The topological polar surface area (TPSA) is 172 Å². The predicted molar refractivity (Wildman–Crippen MR) is 231 cm³/mol. The lowest BCUT2D eigenvalue weighted by Gasteiger charge is -2.20. The summed E-state index contributed by atoms with van der Waals surface area (Å²) in [6.07, 6.45) is 44.7. The van der Waals surface area contributed by atoms with Crippen molar-refractivity contribution in [3.63, 3.8) is 0 Å². The molecule has 3 atom stereocenters. The van der Waals surface area contributed by atoms with E-state index in [1.54, 1.807) is 0 Å². The van der Waals surface area contributed by atoms with Gasteiger partial charge in [-0.25, -0.2) is 4.57 Å². The molecule has 0 aromatic rings. The number of hydrogen-bond donors (Lipinski definition) is 3. The van der Waals surface area contributed by atoms with E-state index in [4.69, 9.17) is 24.8 Å². The Morgan fingerprint density at radius 1 is 0.561 bits per heavy atom. The first-order valence-corrected chi connectivity index (χ1v) is 23.7. The molecule has 330 valence electrons. The van der Waals surface area contributed by atoms with Crippen molar-refractivity contribution in [2.75, 3.05) is 19.8 Å². The first-order valence-electron chi connectivity index (χ1n) is 22.2. The maximum absolute atomic E-state index is 12.6. The first-order chi connectivity index (χ1) is 27.6. The Morgan fingerprint density at radius 3 is 1.47 bits per heavy atom. The van der Waals surface area contributed by atoms with Crippen LogP contribution in [0.15, 0.2) is 48.6 Å². The molecular formula is C45H80NO10P. The first kappa shape index (κ1) is 54.4. The zero-order valence-corrected chi connectivity index (χ0v) is 36.6. The van der Waals surface area contributed by atoms with E-state index in [0.29, 0.717) is 12.8 Å². The van der Waals surface area contributed by atoms with Crippen LogP contribution in [-0.2, 0) is 37.5 Å². The zero-order chi connectivity index (χ0) is 42.1. The number of carbonyl (C=O) groups excluding carboxylic acids is 2. The molecule has 0 aliphatic rings. The van der Waals surface area contributed by atoms with Crippen LogP contribution in [-0.4, -0.2) is 59.9 Å². The van der Waals surface area contributed by atoms with E-state index in [1.807, 2.05) is 0 Å². The van der Waals surface area contributed by atoms with Gasteiger partial charge in [-0.05, 0) is 51.4 Å². The summed E-state index contributed by atoms with van der Waals surface area (Å²) in [5, 5.41) is 8.89. The fourth-order valence-electron chi connectivity index (χ4n) is 5.88. The number of rotatable bonds is 41. The number of carbonyl (C=O) groups is 3. The molecule has 0 heterocycles. The van der Waals surface area contributed by atoms with E-state index in [9.17, 15) is 23.8 Å². The molecule has 0 aliphatic heterocycles. The van der Waals surface area contributed by atoms with E-state index in [-0.39, 0.29) is 19.4 Å². The van der Waals surface area contributed by atoms with Crippen LogP contribution in [0.2, 0.25) is 0 Å². The van der Waals surface area contributed by atoms with Crippen LogP contribution in [0.1, 0.15) is 187 Å². The molecule has 0 spiro atoms. The second-order valence-corrected chi connectivity index (χ2v) is 16.3. The Bertz CT molecular complexity index is 1150. The number of phosphoric ester groups is 1. The summed E-state index contributed by atoms with van der Waals surface area (Å²) in [5.74, 6) is -2.43. The molecule has 0 rings (SSSR count). The molecule has 0 fully saturated rings. The van der Waals surface area contributed by atoms with Gasteiger partial charge in [-0.3, -0.25) is 23.4 Å². The molecule has 0 aliphatic carbocycles. The van der Waals surface area contributed by atoms with Crippen molar-refractivity contribution in [2.45, 2.75) is 199 Å². The molecule has 0 aromatic carbocycles. The molecule has 11 nitrogen and oxygen atoms in total. The van der Waals surface area contributed by atoms with Gasteiger partial charge < -0.3 is 25.2 Å². The van der Waals surface area contributed by atoms with Gasteiger partial charge in [0.25, 0.3) is 0 Å². The number of hydrogen-bond acceptors (Lipinski definition) is 9. The van der Waals surface area contributed by atoms with Gasteiger partial charge in [0.1, 0.15) is 12.6 Å². The second-order valence-electron chi connectivity index (χ2n) is 14.8. The molecule has 57 heavy (non-hydrogen) atoms. The third-order valence-electron chi connectivity index (χ3n) is 9.34. The number of ether oxygens (including phenoxy) is 2. The summed E-state index contributed by atoms with van der Waals surface area (Å²) in [4.78, 5) is 46.0. The number of unbranched alkanes of at least 4 members (excludes halogenated alkanes) is 19. The van der Waals surface area contributed by atoms with Crippen LogP contribution in [0.25, 0.3) is 0 Å². The molecule has 0 saturated carbocycles. The van der Waals surface area contributed by atoms with Crippen molar-refractivity contribution < 1.29 is 47.5 Å². The lowest BCUT2D eigenvalue weighted by molar-refractivity contribution is -0.161. The smallest absolute Gasteiger partial charge is 0.472 e. The van der Waals surface area contributed by atoms with Crippen LogP contribution in [0.5, 0.6) is 0 Å². The third-order valence-corrected chi connectivity index (χ3v) is 10.3. The minimum absolute atomic E-state index is 0.154. The minimum Gasteiger partial charge on any atom is -0.480 e. The predicted octanol–water partition coefficient (Wildman–Crippen LogP) is 11.8. The van der Waals surface area contributed by atoms with E-state index in [2.05, 4.69) is 67.0 Å². The SMILES string of the molecule is CC/C=C/C/C=C/C/C=C/C/C=C/CCCCC(=O)OC[C@H](COP(=O)(O)OC[C@H](N)C(=O)O)OC(=O)CCCCCCCCCCCCCCCCCCCC. The average Bonchev–Trinajstić information content (AvgIpc) is 3.19. The number of aliphatic carboxylic acids is 1. The third kappa shape index (κ3) is 40.0. The average molecular weight is 826 g/mol. The molecule has 0 bridgehead atoms. The van der Waals surface area contributed by atoms with E-state index in [0.717, 1.165) is 57.8 Å². The van der Waals surface area contributed by atoms with E-state index < -0.39 is 51.1 Å². The van der Waals surface area contributed by atoms with Gasteiger partial charge in [-0.2, -0.15) is 0 Å². The highest BCUT2D eigenvalue weighted by molar-refractivity contribution is 7.47. The Labute approximate surface area is 345 Å². The monoisotopic (exact) mass is 826 g/mol. The summed E-state index contributed by atoms with van der Waals surface area (Å²) in [6.45, 7) is 2.66. The van der Waals surface area contributed by atoms with Gasteiger partial charge in [0.05, 0.1) is 13.2 Å². The normalized spacial score (nSPS) is 14.2. The lowest BCUT2D eigenvalue weighted by atomic mass is 10.0. The quantitative estimate of drug-likeness (QED) is 0.0232. The molecule has 0 amide bonds. The van der Waals surface area contributed by atoms with Crippen molar-refractivity contribution in [3.05, 3.63) is 48.6 Å². The van der Waals surface area contributed by atoms with Crippen molar-refractivity contribution in [1.29, 1.82) is 0 Å². The zero-order valence-electron chi connectivity index (χ0n) is 35.7. The highest BCUT2D eigenvalue weighted by atomic mass is 31.2. The Kier molecular flexibility index (Phi) is 38.4. The Hall–Kier alpha value is -2.56. The van der Waals surface area contributed by atoms with Gasteiger partial charge in [0, 0.05) is 12.8 Å². The summed E-state index contributed by atoms with van der Waals surface area (Å²) >= 11 is 0. The van der Waals surface area contributed by atoms with Gasteiger partial charge in [0.2, 0.25) is 0 Å². The number of carboxylic acid groups (broad SMARTS) is 1. The fraction of sp³-hybridized carbons (Fsp3) is 0.756. The van der Waals surface area contributed by atoms with Crippen molar-refractivity contribution in [1.82, 2.24) is 0 Å². The number of allylic oxidation sites excluding steroid dienone is 8. The molecular weight excluding hydrogens is 745 g/mol. The molecule has 12 heteroatoms. The minimum atomic E-state index is -4.72. The summed E-state index contributed by atoms with van der Waals surface area (Å²) in [6, 6.07) is -1.53. The van der Waals surface area contributed by atoms with Crippen LogP contribution in [0.3, 0.4) is 0 Å². The van der Waals surface area contributed by atoms with Crippen molar-refractivity contribution >= 4 is 25.7 Å². The molecule has 1 unspecified atom stereocenters. The van der Waals surface area contributed by atoms with Gasteiger partial charge in [-0.1, -0.05) is 172 Å². The van der Waals surface area contributed by atoms with E-state index in [1.165, 1.54) is 89.9 Å². The van der Waals surface area contributed by atoms with Crippen molar-refractivity contribution in [2.24, 2.45) is 5.73 Å². The second kappa shape index (κ2) is 40.2. The summed E-state index contributed by atoms with van der Waals surface area (Å²) in [7, 11) is -4.72. The standard InChI is InChI=1S/C45H80NO10P/c1-3-5-7-9-11-13-15-17-19-20-21-23-25-27-29-31-33-35-37-44(48)56-41(39-54-57(51,52)55-40-42(46)45(49)50)38-53-43(47)36-34-32-30-28-26-24-22-18-16-14-12-10-8-6-4-2/h6,8,12,14,18,22,26,28,41-42H,3-5,7,9-11,13,15-17,19-21,23-25,27,29-40,46H2,1-2H3,(H,49,50)(H,51,52)/b8-6+,14-12+,22-18+,28-26+/t41-,42+/m1/s1. The van der Waals surface area contributed by atoms with Gasteiger partial charge >= 0.3 is 25.7 Å². The molecule has 0 saturated heterocycles. The van der Waals surface area contributed by atoms with Gasteiger partial charge in [-0.15, -0.1) is 0 Å². The molecule has 4 N–H and O–H groups in total. The summed E-state index contributed by atoms with van der Waals surface area (Å²) in [5.41, 5.74) is 5.33. The number of esters is 2. The van der Waals surface area contributed by atoms with Crippen LogP contribution >= 0.6 is 7.82 Å². The lowest BCUT2D eigenvalue weighted by Crippen LogP contribution is -2.34. The summed E-state index contributed by atoms with van der Waals surface area (Å²) < 4.78 is 32.7. The van der Waals surface area contributed by atoms with Crippen LogP contribution in [0, 0.1) is 0 Å². The number of carboxylic acids is 1. The maximum Gasteiger partial charge on any atom is 0.472 e. The molecule has 0 aromatic heterocycles. The van der Waals surface area contributed by atoms with E-state index >= 15 is 0 Å². The van der Waals surface area contributed by atoms with Crippen LogP contribution in [0.4, 0.5) is 0 Å². The molecule has 0 radical (unpaired) electrons. The maximum atomic E-state index is 12.6. The fourth-order valence-corrected chi connectivity index (χ4v) is 6.66.